The number of rotatable bonds is 2. The monoisotopic (exact) mass is 250 g/mol. The van der Waals surface area contributed by atoms with Crippen molar-refractivity contribution >= 4 is 12.0 Å². The summed E-state index contributed by atoms with van der Waals surface area (Å²) in [5.41, 5.74) is 1.13. The molecule has 18 heavy (non-hydrogen) atoms. The summed E-state index contributed by atoms with van der Waals surface area (Å²) < 4.78 is 4.81. The molecule has 1 aliphatic carbocycles. The van der Waals surface area contributed by atoms with Gasteiger partial charge in [-0.3, -0.25) is 0 Å². The van der Waals surface area contributed by atoms with Crippen LogP contribution in [0.4, 0.5) is 4.79 Å². The Bertz CT molecular complexity index is 426. The van der Waals surface area contributed by atoms with Gasteiger partial charge in [0.2, 0.25) is 0 Å². The average molecular weight is 250 g/mol. The number of hydrogen-bond acceptors (Lipinski definition) is 3. The maximum Gasteiger partial charge on any atom is 0.337 e. The van der Waals surface area contributed by atoms with Crippen molar-refractivity contribution in [1.82, 2.24) is 10.6 Å². The van der Waals surface area contributed by atoms with Gasteiger partial charge < -0.3 is 15.4 Å². The minimum Gasteiger partial charge on any atom is -0.466 e. The van der Waals surface area contributed by atoms with E-state index in [0.29, 0.717) is 11.3 Å². The third-order valence-corrected chi connectivity index (χ3v) is 3.49. The number of hydrogen-bond donors (Lipinski definition) is 2. The van der Waals surface area contributed by atoms with Crippen molar-refractivity contribution in [3.8, 4) is 0 Å². The summed E-state index contributed by atoms with van der Waals surface area (Å²) in [5.74, 6) is -0.121. The fraction of sp³-hybridized carbons (Fsp3) is 0.538. The fourth-order valence-electron chi connectivity index (χ4n) is 2.58. The van der Waals surface area contributed by atoms with E-state index in [9.17, 15) is 9.59 Å². The van der Waals surface area contributed by atoms with Crippen LogP contribution < -0.4 is 10.6 Å². The molecule has 5 nitrogen and oxygen atoms in total. The second kappa shape index (κ2) is 5.25. The normalized spacial score (nSPS) is 27.6. The fourth-order valence-corrected chi connectivity index (χ4v) is 2.58. The van der Waals surface area contributed by atoms with Gasteiger partial charge >= 0.3 is 12.0 Å². The molecule has 0 unspecified atom stereocenters. The van der Waals surface area contributed by atoms with Crippen molar-refractivity contribution in [3.63, 3.8) is 0 Å². The number of urea groups is 1. The zero-order valence-electron chi connectivity index (χ0n) is 10.7. The first-order valence-electron chi connectivity index (χ1n) is 6.15. The SMILES string of the molecule is COC(=O)C1=C(C)NC(=O)N[C@@H]1[C@@H]1CC=CCC1. The smallest absolute Gasteiger partial charge is 0.337 e. The minimum atomic E-state index is -0.375. The van der Waals surface area contributed by atoms with E-state index in [-0.39, 0.29) is 24.0 Å². The van der Waals surface area contributed by atoms with E-state index >= 15 is 0 Å². The van der Waals surface area contributed by atoms with Crippen LogP contribution in [0.15, 0.2) is 23.4 Å². The van der Waals surface area contributed by atoms with Crippen LogP contribution in [0.1, 0.15) is 26.2 Å². The van der Waals surface area contributed by atoms with Crippen LogP contribution in [-0.2, 0) is 9.53 Å². The Labute approximate surface area is 106 Å². The quantitative estimate of drug-likeness (QED) is 0.576. The number of allylic oxidation sites excluding steroid dienone is 3. The van der Waals surface area contributed by atoms with Gasteiger partial charge in [0, 0.05) is 5.70 Å². The lowest BCUT2D eigenvalue weighted by Crippen LogP contribution is -2.53. The highest BCUT2D eigenvalue weighted by molar-refractivity contribution is 5.94. The number of esters is 1. The standard InChI is InChI=1S/C13H18N2O3/c1-8-10(12(16)18-2)11(15-13(17)14-8)9-6-4-3-5-7-9/h3-4,9,11H,5-7H2,1-2H3,(H2,14,15,17)/t9-,11-/m1/s1. The molecule has 0 radical (unpaired) electrons. The number of carbonyl (C=O) groups excluding carboxylic acids is 2. The van der Waals surface area contributed by atoms with Gasteiger partial charge in [0.25, 0.3) is 0 Å². The highest BCUT2D eigenvalue weighted by atomic mass is 16.5. The molecule has 2 rings (SSSR count). The lowest BCUT2D eigenvalue weighted by Gasteiger charge is -2.34. The molecule has 5 heteroatoms. The molecule has 0 bridgehead atoms. The number of methoxy groups -OCH3 is 1. The second-order valence-electron chi connectivity index (χ2n) is 4.65. The average Bonchev–Trinajstić information content (AvgIpc) is 2.38. The van der Waals surface area contributed by atoms with Crippen LogP contribution >= 0.6 is 0 Å². The van der Waals surface area contributed by atoms with E-state index in [2.05, 4.69) is 22.8 Å². The summed E-state index contributed by atoms with van der Waals surface area (Å²) in [6.45, 7) is 1.73. The molecule has 2 N–H and O–H groups in total. The molecule has 0 aromatic carbocycles. The van der Waals surface area contributed by atoms with Crippen molar-refractivity contribution in [2.75, 3.05) is 7.11 Å². The van der Waals surface area contributed by atoms with Crippen LogP contribution in [0.2, 0.25) is 0 Å². The van der Waals surface area contributed by atoms with Crippen LogP contribution in [0.3, 0.4) is 0 Å². The lowest BCUT2D eigenvalue weighted by atomic mass is 9.82. The number of amides is 2. The maximum atomic E-state index is 11.8. The van der Waals surface area contributed by atoms with Crippen LogP contribution in [-0.4, -0.2) is 25.2 Å². The van der Waals surface area contributed by atoms with E-state index in [0.717, 1.165) is 19.3 Å². The van der Waals surface area contributed by atoms with Gasteiger partial charge in [-0.1, -0.05) is 12.2 Å². The molecule has 0 fully saturated rings. The Morgan fingerprint density at radius 3 is 2.83 bits per heavy atom. The maximum absolute atomic E-state index is 11.8. The first-order chi connectivity index (χ1) is 8.63. The molecular weight excluding hydrogens is 232 g/mol. The van der Waals surface area contributed by atoms with E-state index in [1.54, 1.807) is 6.92 Å². The molecule has 2 amide bonds. The van der Waals surface area contributed by atoms with E-state index in [1.807, 2.05) is 0 Å². The highest BCUT2D eigenvalue weighted by Gasteiger charge is 2.35. The van der Waals surface area contributed by atoms with E-state index < -0.39 is 0 Å². The second-order valence-corrected chi connectivity index (χ2v) is 4.65. The van der Waals surface area contributed by atoms with Gasteiger partial charge in [-0.25, -0.2) is 9.59 Å². The molecule has 0 saturated carbocycles. The van der Waals surface area contributed by atoms with Gasteiger partial charge in [-0.2, -0.15) is 0 Å². The van der Waals surface area contributed by atoms with Gasteiger partial charge in [0.15, 0.2) is 0 Å². The molecule has 1 heterocycles. The molecule has 0 aromatic rings. The van der Waals surface area contributed by atoms with Crippen molar-refractivity contribution in [2.45, 2.75) is 32.2 Å². The molecule has 1 aliphatic heterocycles. The van der Waals surface area contributed by atoms with Gasteiger partial charge in [0.05, 0.1) is 18.7 Å². The minimum absolute atomic E-state index is 0.250. The van der Waals surface area contributed by atoms with Crippen molar-refractivity contribution in [1.29, 1.82) is 0 Å². The van der Waals surface area contributed by atoms with Gasteiger partial charge in [-0.15, -0.1) is 0 Å². The first kappa shape index (κ1) is 12.7. The summed E-state index contributed by atoms with van der Waals surface area (Å²) in [6, 6.07) is -0.504. The van der Waals surface area contributed by atoms with Gasteiger partial charge in [-0.05, 0) is 32.1 Å². The summed E-state index contributed by atoms with van der Waals surface area (Å²) in [6.07, 6.45) is 7.06. The predicted molar refractivity (Wildman–Crippen MR) is 66.7 cm³/mol. The van der Waals surface area contributed by atoms with E-state index in [4.69, 9.17) is 4.74 Å². The Kier molecular flexibility index (Phi) is 3.69. The lowest BCUT2D eigenvalue weighted by molar-refractivity contribution is -0.136. The molecule has 98 valence electrons. The van der Waals surface area contributed by atoms with Crippen molar-refractivity contribution in [3.05, 3.63) is 23.4 Å². The Morgan fingerprint density at radius 2 is 2.22 bits per heavy atom. The van der Waals surface area contributed by atoms with Crippen LogP contribution in [0, 0.1) is 5.92 Å². The number of ether oxygens (including phenoxy) is 1. The zero-order valence-corrected chi connectivity index (χ0v) is 10.7. The summed E-state index contributed by atoms with van der Waals surface area (Å²) in [5, 5.41) is 5.46. The Hall–Kier alpha value is -1.78. The summed E-state index contributed by atoms with van der Waals surface area (Å²) >= 11 is 0. The van der Waals surface area contributed by atoms with Crippen LogP contribution in [0.5, 0.6) is 0 Å². The topological polar surface area (TPSA) is 67.4 Å². The summed E-state index contributed by atoms with van der Waals surface area (Å²) in [4.78, 5) is 23.4. The van der Waals surface area contributed by atoms with Crippen molar-refractivity contribution in [2.24, 2.45) is 5.92 Å². The van der Waals surface area contributed by atoms with Crippen molar-refractivity contribution < 1.29 is 14.3 Å². The zero-order chi connectivity index (χ0) is 13.1. The van der Waals surface area contributed by atoms with Gasteiger partial charge in [0.1, 0.15) is 0 Å². The molecule has 0 spiro atoms. The Balaban J connectivity index is 2.29. The third kappa shape index (κ3) is 2.39. The molecule has 2 atom stereocenters. The largest absolute Gasteiger partial charge is 0.466 e. The van der Waals surface area contributed by atoms with Crippen LogP contribution in [0.25, 0.3) is 0 Å². The molecule has 0 aromatic heterocycles. The predicted octanol–water partition coefficient (Wildman–Crippen LogP) is 1.47. The molecular formula is C13H18N2O3. The first-order valence-corrected chi connectivity index (χ1v) is 6.15. The molecule has 0 saturated heterocycles. The number of carbonyl (C=O) groups is 2. The number of nitrogens with one attached hydrogen (secondary N) is 2. The van der Waals surface area contributed by atoms with E-state index in [1.165, 1.54) is 7.11 Å². The summed E-state index contributed by atoms with van der Waals surface area (Å²) in [7, 11) is 1.36. The Morgan fingerprint density at radius 1 is 1.44 bits per heavy atom. The highest BCUT2D eigenvalue weighted by Crippen LogP contribution is 2.28. The molecule has 2 aliphatic rings. The third-order valence-electron chi connectivity index (χ3n) is 3.49.